The summed E-state index contributed by atoms with van der Waals surface area (Å²) in [6.07, 6.45) is 0. The quantitative estimate of drug-likeness (QED) is 0.173. The van der Waals surface area contributed by atoms with Gasteiger partial charge in [0.2, 0.25) is 0 Å². The Bertz CT molecular complexity index is 2320. The second-order valence-corrected chi connectivity index (χ2v) is 13.9. The Hall–Kier alpha value is -3.84. The number of fused-ring (bicyclic) bond motifs is 9. The molecule has 0 aliphatic heterocycles. The molecule has 3 aromatic heterocycles. The number of furan rings is 1. The van der Waals surface area contributed by atoms with Gasteiger partial charge in [-0.15, -0.1) is 0 Å². The molecule has 6 heteroatoms. The Morgan fingerprint density at radius 2 is 0.814 bits per heavy atom. The molecular formula is C37H21Br3N2O. The van der Waals surface area contributed by atoms with E-state index >= 15 is 0 Å². The van der Waals surface area contributed by atoms with Crippen LogP contribution in [-0.4, -0.2) is 9.13 Å². The van der Waals surface area contributed by atoms with Gasteiger partial charge in [-0.3, -0.25) is 0 Å². The lowest BCUT2D eigenvalue weighted by molar-refractivity contribution is 0.669. The third-order valence-corrected chi connectivity index (χ3v) is 10.0. The molecule has 0 N–H and O–H groups in total. The largest absolute Gasteiger partial charge is 0.456 e. The summed E-state index contributed by atoms with van der Waals surface area (Å²) < 4.78 is 14.3. The first kappa shape index (κ1) is 25.6. The number of rotatable bonds is 2. The summed E-state index contributed by atoms with van der Waals surface area (Å²) in [6.45, 7) is 2.15. The van der Waals surface area contributed by atoms with Crippen LogP contribution in [-0.2, 0) is 0 Å². The summed E-state index contributed by atoms with van der Waals surface area (Å²) >= 11 is 11.0. The van der Waals surface area contributed by atoms with Crippen molar-refractivity contribution < 1.29 is 4.42 Å². The van der Waals surface area contributed by atoms with Crippen LogP contribution >= 0.6 is 47.8 Å². The van der Waals surface area contributed by atoms with E-state index in [-0.39, 0.29) is 0 Å². The van der Waals surface area contributed by atoms with E-state index in [1.165, 1.54) is 38.1 Å². The summed E-state index contributed by atoms with van der Waals surface area (Å²) in [7, 11) is 0. The van der Waals surface area contributed by atoms with E-state index in [9.17, 15) is 0 Å². The Morgan fingerprint density at radius 3 is 1.26 bits per heavy atom. The molecule has 3 heterocycles. The van der Waals surface area contributed by atoms with Gasteiger partial charge >= 0.3 is 0 Å². The summed E-state index contributed by atoms with van der Waals surface area (Å²) in [5.41, 5.74) is 9.91. The monoisotopic (exact) mass is 746 g/mol. The van der Waals surface area contributed by atoms with E-state index < -0.39 is 0 Å². The van der Waals surface area contributed by atoms with Gasteiger partial charge in [-0.25, -0.2) is 0 Å². The fraction of sp³-hybridized carbons (Fsp3) is 0.0270. The number of aromatic nitrogens is 2. The number of halogens is 3. The average Bonchev–Trinajstić information content (AvgIpc) is 3.63. The van der Waals surface area contributed by atoms with Crippen molar-refractivity contribution in [1.29, 1.82) is 0 Å². The minimum Gasteiger partial charge on any atom is -0.456 e. The molecule has 43 heavy (non-hydrogen) atoms. The van der Waals surface area contributed by atoms with Crippen molar-refractivity contribution in [1.82, 2.24) is 9.13 Å². The van der Waals surface area contributed by atoms with Gasteiger partial charge in [-0.1, -0.05) is 59.4 Å². The SMILES string of the molecule is Cc1ccc2c(c1)c1cc(Br)ccc1n2-c1ccc2oc3ccc(-n4c5ccc(Br)cc5c5cc(Br)ccc54)cc3c2c1. The van der Waals surface area contributed by atoms with Crippen molar-refractivity contribution in [2.45, 2.75) is 6.92 Å². The zero-order valence-corrected chi connectivity index (χ0v) is 27.6. The molecule has 0 aliphatic rings. The highest BCUT2D eigenvalue weighted by Crippen LogP contribution is 2.39. The molecule has 9 aromatic rings. The number of benzene rings is 6. The van der Waals surface area contributed by atoms with Crippen LogP contribution in [0.25, 0.3) is 76.9 Å². The molecule has 3 nitrogen and oxygen atoms in total. The first-order valence-electron chi connectivity index (χ1n) is 14.0. The van der Waals surface area contributed by atoms with Gasteiger partial charge in [-0.05, 0) is 110 Å². The van der Waals surface area contributed by atoms with Crippen LogP contribution in [0.4, 0.5) is 0 Å². The Balaban J connectivity index is 1.31. The standard InChI is InChI=1S/C37H21Br3N2O/c1-20-2-8-32-26(14-20)27-15-21(38)3-9-33(27)41(32)24-6-12-36-30(18-24)31-19-25(7-13-37(31)43-36)42-34-10-4-22(39)16-28(34)29-17-23(40)5-11-35(29)42/h2-19H,1H3. The van der Waals surface area contributed by atoms with Gasteiger partial charge in [-0.2, -0.15) is 0 Å². The van der Waals surface area contributed by atoms with Gasteiger partial charge in [0, 0.05) is 57.1 Å². The van der Waals surface area contributed by atoms with E-state index in [0.717, 1.165) is 57.8 Å². The van der Waals surface area contributed by atoms with Crippen molar-refractivity contribution in [3.63, 3.8) is 0 Å². The van der Waals surface area contributed by atoms with E-state index in [4.69, 9.17) is 4.42 Å². The minimum absolute atomic E-state index is 0.879. The summed E-state index contributed by atoms with van der Waals surface area (Å²) in [4.78, 5) is 0. The van der Waals surface area contributed by atoms with Gasteiger partial charge < -0.3 is 13.6 Å². The third kappa shape index (κ3) is 3.83. The molecule has 0 bridgehead atoms. The highest BCUT2D eigenvalue weighted by Gasteiger charge is 2.17. The summed E-state index contributed by atoms with van der Waals surface area (Å²) in [5.74, 6) is 0. The number of nitrogens with zero attached hydrogens (tertiary/aromatic N) is 2. The Kier molecular flexibility index (Phi) is 5.56. The van der Waals surface area contributed by atoms with Crippen molar-refractivity contribution in [2.24, 2.45) is 0 Å². The molecule has 0 amide bonds. The van der Waals surface area contributed by atoms with Crippen molar-refractivity contribution in [2.75, 3.05) is 0 Å². The molecule has 206 valence electrons. The van der Waals surface area contributed by atoms with Crippen LogP contribution < -0.4 is 0 Å². The molecule has 0 spiro atoms. The maximum absolute atomic E-state index is 6.37. The van der Waals surface area contributed by atoms with Crippen molar-refractivity contribution >= 4 is 113 Å². The van der Waals surface area contributed by atoms with E-state index in [1.807, 2.05) is 0 Å². The Labute approximate surface area is 271 Å². The molecule has 0 atom stereocenters. The molecule has 9 rings (SSSR count). The van der Waals surface area contributed by atoms with Crippen molar-refractivity contribution in [3.05, 3.63) is 128 Å². The summed E-state index contributed by atoms with van der Waals surface area (Å²) in [6, 6.07) is 39.3. The lowest BCUT2D eigenvalue weighted by Crippen LogP contribution is -1.94. The lowest BCUT2D eigenvalue weighted by Gasteiger charge is -2.09. The molecule has 6 aromatic carbocycles. The number of aryl methyl sites for hydroxylation is 1. The van der Waals surface area contributed by atoms with Crippen molar-refractivity contribution in [3.8, 4) is 11.4 Å². The van der Waals surface area contributed by atoms with Crippen LogP contribution in [0, 0.1) is 6.92 Å². The predicted octanol–water partition coefficient (Wildman–Crippen LogP) is 12.4. The normalized spacial score (nSPS) is 12.2. The predicted molar refractivity (Wildman–Crippen MR) is 190 cm³/mol. The van der Waals surface area contributed by atoms with Gasteiger partial charge in [0.25, 0.3) is 0 Å². The highest BCUT2D eigenvalue weighted by molar-refractivity contribution is 9.11. The summed E-state index contributed by atoms with van der Waals surface area (Å²) in [5, 5.41) is 7.09. The second kappa shape index (κ2) is 9.33. The highest BCUT2D eigenvalue weighted by atomic mass is 79.9. The number of hydrogen-bond acceptors (Lipinski definition) is 1. The van der Waals surface area contributed by atoms with Crippen LogP contribution in [0.2, 0.25) is 0 Å². The maximum atomic E-state index is 6.37. The molecular weight excluding hydrogens is 728 g/mol. The zero-order chi connectivity index (χ0) is 29.0. The van der Waals surface area contributed by atoms with E-state index in [0.29, 0.717) is 0 Å². The molecule has 0 saturated heterocycles. The fourth-order valence-corrected chi connectivity index (χ4v) is 7.75. The molecule has 0 aliphatic carbocycles. The fourth-order valence-electron chi connectivity index (χ4n) is 6.66. The smallest absolute Gasteiger partial charge is 0.135 e. The maximum Gasteiger partial charge on any atom is 0.135 e. The second-order valence-electron chi connectivity index (χ2n) is 11.1. The van der Waals surface area contributed by atoms with E-state index in [1.54, 1.807) is 0 Å². The van der Waals surface area contributed by atoms with Crippen LogP contribution in [0.15, 0.2) is 127 Å². The van der Waals surface area contributed by atoms with Gasteiger partial charge in [0.1, 0.15) is 11.2 Å². The Morgan fingerprint density at radius 1 is 0.419 bits per heavy atom. The molecule has 0 saturated carbocycles. The minimum atomic E-state index is 0.879. The first-order valence-corrected chi connectivity index (χ1v) is 16.4. The molecule has 0 unspecified atom stereocenters. The molecule has 0 fully saturated rings. The lowest BCUT2D eigenvalue weighted by atomic mass is 10.1. The topological polar surface area (TPSA) is 23.0 Å². The first-order chi connectivity index (χ1) is 20.9. The van der Waals surface area contributed by atoms with Gasteiger partial charge in [0.15, 0.2) is 0 Å². The third-order valence-electron chi connectivity index (χ3n) is 8.52. The van der Waals surface area contributed by atoms with Crippen LogP contribution in [0.5, 0.6) is 0 Å². The molecule has 0 radical (unpaired) electrons. The van der Waals surface area contributed by atoms with E-state index in [2.05, 4.69) is 173 Å². The van der Waals surface area contributed by atoms with Crippen LogP contribution in [0.1, 0.15) is 5.56 Å². The van der Waals surface area contributed by atoms with Crippen LogP contribution in [0.3, 0.4) is 0 Å². The number of hydrogen-bond donors (Lipinski definition) is 0. The zero-order valence-electron chi connectivity index (χ0n) is 22.8. The van der Waals surface area contributed by atoms with Gasteiger partial charge in [0.05, 0.1) is 22.1 Å². The average molecular weight is 749 g/mol.